The Labute approximate surface area is 93.2 Å². The zero-order valence-corrected chi connectivity index (χ0v) is 9.14. The van der Waals surface area contributed by atoms with E-state index in [2.05, 4.69) is 5.32 Å². The standard InChI is InChI=1S/C11H16F2N2O/c12-11(13)7-15(6-10(11)4-14-5-10)9(16)3-8-1-2-8/h8,14H,1-7H2. The quantitative estimate of drug-likeness (QED) is 0.763. The van der Waals surface area contributed by atoms with Gasteiger partial charge in [0.1, 0.15) is 0 Å². The number of carbonyl (C=O) groups is 1. The molecule has 0 atom stereocenters. The largest absolute Gasteiger partial charge is 0.336 e. The van der Waals surface area contributed by atoms with Crippen LogP contribution in [0.25, 0.3) is 0 Å². The van der Waals surface area contributed by atoms with Crippen LogP contribution in [0.3, 0.4) is 0 Å². The van der Waals surface area contributed by atoms with E-state index < -0.39 is 11.3 Å². The summed E-state index contributed by atoms with van der Waals surface area (Å²) in [6.45, 7) is 0.541. The average molecular weight is 230 g/mol. The van der Waals surface area contributed by atoms with Crippen LogP contribution in [0.2, 0.25) is 0 Å². The van der Waals surface area contributed by atoms with Gasteiger partial charge in [-0.2, -0.15) is 0 Å². The summed E-state index contributed by atoms with van der Waals surface area (Å²) < 4.78 is 27.5. The number of amides is 1. The molecular formula is C11H16F2N2O. The topological polar surface area (TPSA) is 32.3 Å². The highest BCUT2D eigenvalue weighted by Crippen LogP contribution is 2.47. The lowest BCUT2D eigenvalue weighted by Crippen LogP contribution is -2.62. The summed E-state index contributed by atoms with van der Waals surface area (Å²) in [5, 5.41) is 2.89. The highest BCUT2D eigenvalue weighted by Gasteiger charge is 2.63. The molecule has 0 unspecified atom stereocenters. The molecule has 0 aromatic heterocycles. The van der Waals surface area contributed by atoms with Crippen LogP contribution in [0, 0.1) is 11.3 Å². The van der Waals surface area contributed by atoms with Gasteiger partial charge in [0.05, 0.1) is 12.0 Å². The van der Waals surface area contributed by atoms with Gasteiger partial charge in [0.2, 0.25) is 5.91 Å². The van der Waals surface area contributed by atoms with E-state index in [0.717, 1.165) is 12.8 Å². The van der Waals surface area contributed by atoms with Crippen LogP contribution in [-0.2, 0) is 4.79 Å². The molecule has 1 amide bonds. The number of halogens is 2. The van der Waals surface area contributed by atoms with Crippen LogP contribution < -0.4 is 5.32 Å². The van der Waals surface area contributed by atoms with Crippen molar-refractivity contribution in [3.8, 4) is 0 Å². The number of likely N-dealkylation sites (tertiary alicyclic amines) is 1. The molecule has 3 aliphatic rings. The molecule has 0 radical (unpaired) electrons. The van der Waals surface area contributed by atoms with Gasteiger partial charge in [-0.1, -0.05) is 0 Å². The molecular weight excluding hydrogens is 214 g/mol. The van der Waals surface area contributed by atoms with E-state index in [9.17, 15) is 13.6 Å². The minimum atomic E-state index is -2.71. The molecule has 1 aliphatic carbocycles. The fourth-order valence-corrected chi connectivity index (χ4v) is 2.62. The van der Waals surface area contributed by atoms with Crippen molar-refractivity contribution >= 4 is 5.91 Å². The monoisotopic (exact) mass is 230 g/mol. The van der Waals surface area contributed by atoms with E-state index in [1.165, 1.54) is 4.90 Å². The third-order valence-corrected chi connectivity index (χ3v) is 4.10. The van der Waals surface area contributed by atoms with Gasteiger partial charge in [-0.3, -0.25) is 4.79 Å². The van der Waals surface area contributed by atoms with Gasteiger partial charge in [-0.05, 0) is 18.8 Å². The van der Waals surface area contributed by atoms with E-state index in [4.69, 9.17) is 0 Å². The summed E-state index contributed by atoms with van der Waals surface area (Å²) >= 11 is 0. The normalized spacial score (nSPS) is 30.5. The third-order valence-electron chi connectivity index (χ3n) is 4.10. The fraction of sp³-hybridized carbons (Fsp3) is 0.909. The van der Waals surface area contributed by atoms with Crippen molar-refractivity contribution in [2.75, 3.05) is 26.2 Å². The van der Waals surface area contributed by atoms with Gasteiger partial charge in [0.25, 0.3) is 5.92 Å². The van der Waals surface area contributed by atoms with E-state index in [-0.39, 0.29) is 19.0 Å². The zero-order chi connectivity index (χ0) is 11.4. The van der Waals surface area contributed by atoms with Gasteiger partial charge < -0.3 is 10.2 Å². The number of nitrogens with zero attached hydrogens (tertiary/aromatic N) is 1. The van der Waals surface area contributed by atoms with E-state index >= 15 is 0 Å². The second-order valence-corrected chi connectivity index (χ2v) is 5.49. The maximum Gasteiger partial charge on any atom is 0.274 e. The number of hydrogen-bond donors (Lipinski definition) is 1. The molecule has 1 N–H and O–H groups in total. The van der Waals surface area contributed by atoms with Crippen LogP contribution in [0.15, 0.2) is 0 Å². The van der Waals surface area contributed by atoms with Crippen LogP contribution in [0.1, 0.15) is 19.3 Å². The number of hydrogen-bond acceptors (Lipinski definition) is 2. The summed E-state index contributed by atoms with van der Waals surface area (Å²) in [6.07, 6.45) is 2.64. The number of alkyl halides is 2. The minimum absolute atomic E-state index is 0.0778. The maximum atomic E-state index is 13.8. The molecule has 90 valence electrons. The molecule has 2 saturated heterocycles. The lowest BCUT2D eigenvalue weighted by molar-refractivity contribution is -0.132. The van der Waals surface area contributed by atoms with Gasteiger partial charge >= 0.3 is 0 Å². The van der Waals surface area contributed by atoms with Crippen molar-refractivity contribution in [2.24, 2.45) is 11.3 Å². The third kappa shape index (κ3) is 1.44. The lowest BCUT2D eigenvalue weighted by Gasteiger charge is -2.42. The molecule has 0 bridgehead atoms. The Hall–Kier alpha value is -0.710. The second kappa shape index (κ2) is 3.15. The Kier molecular flexibility index (Phi) is 2.06. The first kappa shape index (κ1) is 10.4. The van der Waals surface area contributed by atoms with E-state index in [1.54, 1.807) is 0 Å². The Morgan fingerprint density at radius 1 is 1.31 bits per heavy atom. The molecule has 1 spiro atoms. The first-order chi connectivity index (χ1) is 7.52. The van der Waals surface area contributed by atoms with Gasteiger partial charge in [-0.15, -0.1) is 0 Å². The van der Waals surface area contributed by atoms with Crippen molar-refractivity contribution in [3.05, 3.63) is 0 Å². The second-order valence-electron chi connectivity index (χ2n) is 5.49. The van der Waals surface area contributed by atoms with Gasteiger partial charge in [-0.25, -0.2) is 8.78 Å². The molecule has 1 saturated carbocycles. The number of carbonyl (C=O) groups excluding carboxylic acids is 1. The Balaban J connectivity index is 1.68. The zero-order valence-electron chi connectivity index (χ0n) is 9.14. The summed E-state index contributed by atoms with van der Waals surface area (Å²) in [5.41, 5.74) is -0.966. The Bertz CT molecular complexity index is 324. The molecule has 2 aliphatic heterocycles. The molecule has 0 aromatic rings. The van der Waals surface area contributed by atoms with E-state index in [0.29, 0.717) is 25.4 Å². The maximum absolute atomic E-state index is 13.8. The molecule has 5 heteroatoms. The Morgan fingerprint density at radius 3 is 2.44 bits per heavy atom. The molecule has 0 aromatic carbocycles. The van der Waals surface area contributed by atoms with E-state index in [1.807, 2.05) is 0 Å². The molecule has 3 rings (SSSR count). The molecule has 3 fully saturated rings. The van der Waals surface area contributed by atoms with Gasteiger partial charge in [0.15, 0.2) is 0 Å². The number of nitrogens with one attached hydrogen (secondary N) is 1. The smallest absolute Gasteiger partial charge is 0.274 e. The highest BCUT2D eigenvalue weighted by molar-refractivity contribution is 5.77. The Morgan fingerprint density at radius 2 is 2.00 bits per heavy atom. The van der Waals surface area contributed by atoms with Crippen molar-refractivity contribution in [1.29, 1.82) is 0 Å². The number of rotatable bonds is 2. The van der Waals surface area contributed by atoms with Crippen LogP contribution in [0.5, 0.6) is 0 Å². The predicted octanol–water partition coefficient (Wildman–Crippen LogP) is 0.854. The summed E-state index contributed by atoms with van der Waals surface area (Å²) in [5.74, 6) is -2.32. The summed E-state index contributed by atoms with van der Waals surface area (Å²) in [6, 6.07) is 0. The fourth-order valence-electron chi connectivity index (χ4n) is 2.62. The summed E-state index contributed by atoms with van der Waals surface area (Å²) in [7, 11) is 0. The predicted molar refractivity (Wildman–Crippen MR) is 54.2 cm³/mol. The van der Waals surface area contributed by atoms with Crippen molar-refractivity contribution in [1.82, 2.24) is 10.2 Å². The first-order valence-corrected chi connectivity index (χ1v) is 5.89. The van der Waals surface area contributed by atoms with Crippen molar-refractivity contribution in [2.45, 2.75) is 25.2 Å². The first-order valence-electron chi connectivity index (χ1n) is 5.89. The van der Waals surface area contributed by atoms with Gasteiger partial charge in [0, 0.05) is 26.1 Å². The highest BCUT2D eigenvalue weighted by atomic mass is 19.3. The van der Waals surface area contributed by atoms with Crippen LogP contribution >= 0.6 is 0 Å². The SMILES string of the molecule is O=C(CC1CC1)N1CC(F)(F)C2(CNC2)C1. The lowest BCUT2D eigenvalue weighted by atomic mass is 9.78. The summed E-state index contributed by atoms with van der Waals surface area (Å²) in [4.78, 5) is 13.2. The average Bonchev–Trinajstić information content (AvgIpc) is 2.86. The molecule has 3 nitrogen and oxygen atoms in total. The molecule has 16 heavy (non-hydrogen) atoms. The van der Waals surface area contributed by atoms with Crippen LogP contribution in [-0.4, -0.2) is 42.9 Å². The van der Waals surface area contributed by atoms with Crippen molar-refractivity contribution in [3.63, 3.8) is 0 Å². The molecule has 2 heterocycles. The minimum Gasteiger partial charge on any atom is -0.336 e. The van der Waals surface area contributed by atoms with Crippen molar-refractivity contribution < 1.29 is 13.6 Å². The van der Waals surface area contributed by atoms with Crippen LogP contribution in [0.4, 0.5) is 8.78 Å².